The van der Waals surface area contributed by atoms with E-state index in [2.05, 4.69) is 34.2 Å². The van der Waals surface area contributed by atoms with Gasteiger partial charge in [0.1, 0.15) is 0 Å². The van der Waals surface area contributed by atoms with Gasteiger partial charge in [0.25, 0.3) is 0 Å². The number of aromatic nitrogens is 3. The summed E-state index contributed by atoms with van der Waals surface area (Å²) < 4.78 is 0. The van der Waals surface area contributed by atoms with E-state index in [9.17, 15) is 4.79 Å². The number of nitrogens with zero attached hydrogens (tertiary/aromatic N) is 4. The molecule has 0 spiro atoms. The van der Waals surface area contributed by atoms with Crippen molar-refractivity contribution in [3.8, 4) is 0 Å². The number of nitrogens with one attached hydrogen (secondary N) is 1. The first kappa shape index (κ1) is 15.9. The van der Waals surface area contributed by atoms with Crippen molar-refractivity contribution in [2.75, 3.05) is 26.7 Å². The second-order valence-corrected chi connectivity index (χ2v) is 6.32. The molecule has 0 saturated carbocycles. The number of H-pyrrole nitrogens is 1. The minimum atomic E-state index is 0.114. The van der Waals surface area contributed by atoms with Gasteiger partial charge in [-0.05, 0) is 52.1 Å². The summed E-state index contributed by atoms with van der Waals surface area (Å²) in [5.74, 6) is 0.866. The lowest BCUT2D eigenvalue weighted by Crippen LogP contribution is -2.39. The van der Waals surface area contributed by atoms with Crippen LogP contribution in [-0.2, 0) is 11.2 Å². The lowest BCUT2D eigenvalue weighted by molar-refractivity contribution is -0.129. The number of rotatable bonds is 6. The summed E-state index contributed by atoms with van der Waals surface area (Å²) in [6.07, 6.45) is 5.55. The van der Waals surface area contributed by atoms with E-state index in [4.69, 9.17) is 0 Å². The smallest absolute Gasteiger partial charge is 0.228 e. The van der Waals surface area contributed by atoms with E-state index in [1.807, 2.05) is 11.9 Å². The van der Waals surface area contributed by atoms with E-state index < -0.39 is 0 Å². The molecule has 21 heavy (non-hydrogen) atoms. The molecule has 0 radical (unpaired) electrons. The molecule has 0 unspecified atom stereocenters. The van der Waals surface area contributed by atoms with Crippen molar-refractivity contribution in [2.24, 2.45) is 5.92 Å². The molecule has 6 heteroatoms. The van der Waals surface area contributed by atoms with Crippen LogP contribution >= 0.6 is 0 Å². The molecule has 1 saturated heterocycles. The molecule has 6 nitrogen and oxygen atoms in total. The number of hydrogen-bond donors (Lipinski definition) is 1. The van der Waals surface area contributed by atoms with Gasteiger partial charge in [-0.2, -0.15) is 15.4 Å². The zero-order valence-corrected chi connectivity index (χ0v) is 13.4. The molecule has 0 atom stereocenters. The first-order chi connectivity index (χ1) is 10.1. The highest BCUT2D eigenvalue weighted by Crippen LogP contribution is 2.22. The van der Waals surface area contributed by atoms with E-state index in [0.717, 1.165) is 18.9 Å². The van der Waals surface area contributed by atoms with Crippen LogP contribution < -0.4 is 0 Å². The highest BCUT2D eigenvalue weighted by molar-refractivity contribution is 5.77. The molecule has 1 aromatic heterocycles. The molecule has 1 fully saturated rings. The van der Waals surface area contributed by atoms with Gasteiger partial charge in [-0.3, -0.25) is 4.79 Å². The maximum atomic E-state index is 12.1. The highest BCUT2D eigenvalue weighted by Gasteiger charge is 2.21. The highest BCUT2D eigenvalue weighted by atomic mass is 16.2. The summed E-state index contributed by atoms with van der Waals surface area (Å²) in [5, 5.41) is 10.2. The quantitative estimate of drug-likeness (QED) is 0.859. The lowest BCUT2D eigenvalue weighted by atomic mass is 9.92. The second-order valence-electron chi connectivity index (χ2n) is 6.32. The molecule has 1 aliphatic rings. The fraction of sp³-hybridized carbons (Fsp3) is 0.800. The average molecular weight is 293 g/mol. The minimum absolute atomic E-state index is 0.114. The number of likely N-dealkylation sites (tertiary alicyclic amines) is 1. The van der Waals surface area contributed by atoms with Crippen molar-refractivity contribution in [3.05, 3.63) is 11.9 Å². The van der Waals surface area contributed by atoms with Crippen molar-refractivity contribution in [1.82, 2.24) is 25.2 Å². The molecule has 1 N–H and O–H groups in total. The summed E-state index contributed by atoms with van der Waals surface area (Å²) >= 11 is 0. The number of carbonyl (C=O) groups is 1. The zero-order valence-electron chi connectivity index (χ0n) is 13.4. The first-order valence-corrected chi connectivity index (χ1v) is 7.89. The Morgan fingerprint density at radius 3 is 2.76 bits per heavy atom. The molecule has 0 aromatic carbocycles. The van der Waals surface area contributed by atoms with Crippen molar-refractivity contribution in [1.29, 1.82) is 0 Å². The van der Waals surface area contributed by atoms with Gasteiger partial charge >= 0.3 is 0 Å². The van der Waals surface area contributed by atoms with Crippen LogP contribution in [0.2, 0.25) is 0 Å². The maximum absolute atomic E-state index is 12.1. The van der Waals surface area contributed by atoms with E-state index in [1.165, 1.54) is 25.9 Å². The van der Waals surface area contributed by atoms with Gasteiger partial charge in [0, 0.05) is 19.6 Å². The molecule has 0 aliphatic carbocycles. The molecule has 1 amide bonds. The van der Waals surface area contributed by atoms with Crippen molar-refractivity contribution in [2.45, 2.75) is 45.6 Å². The van der Waals surface area contributed by atoms with Crippen LogP contribution in [0.25, 0.3) is 0 Å². The number of likely N-dealkylation sites (N-methyl/N-ethyl adjacent to an activating group) is 1. The van der Waals surface area contributed by atoms with Crippen molar-refractivity contribution < 1.29 is 4.79 Å². The fourth-order valence-electron chi connectivity index (χ4n) is 2.86. The molecular formula is C15H27N5O. The molecule has 2 rings (SSSR count). The molecule has 118 valence electrons. The molecule has 1 aromatic rings. The van der Waals surface area contributed by atoms with E-state index in [-0.39, 0.29) is 5.91 Å². The third-order valence-electron chi connectivity index (χ3n) is 4.48. The van der Waals surface area contributed by atoms with Gasteiger partial charge in [0.15, 0.2) is 0 Å². The molecular weight excluding hydrogens is 266 g/mol. The van der Waals surface area contributed by atoms with Gasteiger partial charge < -0.3 is 9.80 Å². The Balaban J connectivity index is 1.67. The lowest BCUT2D eigenvalue weighted by Gasteiger charge is -2.35. The largest absolute Gasteiger partial charge is 0.345 e. The van der Waals surface area contributed by atoms with Gasteiger partial charge in [-0.1, -0.05) is 0 Å². The van der Waals surface area contributed by atoms with Crippen LogP contribution in [0.5, 0.6) is 0 Å². The fourth-order valence-corrected chi connectivity index (χ4v) is 2.86. The van der Waals surface area contributed by atoms with Crippen LogP contribution in [0.3, 0.4) is 0 Å². The Morgan fingerprint density at radius 2 is 2.19 bits per heavy atom. The van der Waals surface area contributed by atoms with Crippen LogP contribution in [-0.4, -0.2) is 63.8 Å². The molecule has 0 bridgehead atoms. The summed E-state index contributed by atoms with van der Waals surface area (Å²) in [7, 11) is 1.88. The number of amides is 1. The minimum Gasteiger partial charge on any atom is -0.345 e. The monoisotopic (exact) mass is 293 g/mol. The van der Waals surface area contributed by atoms with Crippen LogP contribution in [0.15, 0.2) is 6.20 Å². The van der Waals surface area contributed by atoms with E-state index in [0.29, 0.717) is 18.2 Å². The Morgan fingerprint density at radius 1 is 1.48 bits per heavy atom. The summed E-state index contributed by atoms with van der Waals surface area (Å²) in [4.78, 5) is 16.4. The predicted octanol–water partition coefficient (Wildman–Crippen LogP) is 1.32. The zero-order chi connectivity index (χ0) is 15.2. The van der Waals surface area contributed by atoms with Crippen molar-refractivity contribution >= 4 is 5.91 Å². The SMILES string of the molecule is CC(C)N1CCC(CCN(C)C(=O)Cc2cn[nH]n2)CC1. The van der Waals surface area contributed by atoms with Crippen LogP contribution in [0.1, 0.15) is 38.8 Å². The van der Waals surface area contributed by atoms with Gasteiger partial charge in [-0.15, -0.1) is 0 Å². The number of hydrogen-bond acceptors (Lipinski definition) is 4. The topological polar surface area (TPSA) is 65.1 Å². The van der Waals surface area contributed by atoms with Crippen molar-refractivity contribution in [3.63, 3.8) is 0 Å². The predicted molar refractivity (Wildman–Crippen MR) is 81.8 cm³/mol. The van der Waals surface area contributed by atoms with Gasteiger partial charge in [-0.25, -0.2) is 0 Å². The van der Waals surface area contributed by atoms with E-state index >= 15 is 0 Å². The summed E-state index contributed by atoms with van der Waals surface area (Å²) in [6.45, 7) is 7.74. The number of piperidine rings is 1. The van der Waals surface area contributed by atoms with Crippen LogP contribution in [0.4, 0.5) is 0 Å². The average Bonchev–Trinajstić information content (AvgIpc) is 2.98. The molecule has 2 heterocycles. The second kappa shape index (κ2) is 7.54. The third kappa shape index (κ3) is 4.81. The number of aromatic amines is 1. The Bertz CT molecular complexity index is 423. The third-order valence-corrected chi connectivity index (χ3v) is 4.48. The Labute approximate surface area is 126 Å². The first-order valence-electron chi connectivity index (χ1n) is 7.89. The number of carbonyl (C=O) groups excluding carboxylic acids is 1. The standard InChI is InChI=1S/C15H27N5O/c1-12(2)20-8-5-13(6-9-20)4-7-19(3)15(21)10-14-11-16-18-17-14/h11-13H,4-10H2,1-3H3,(H,16,17,18). The van der Waals surface area contributed by atoms with Crippen LogP contribution in [0, 0.1) is 5.92 Å². The maximum Gasteiger partial charge on any atom is 0.228 e. The summed E-state index contributed by atoms with van der Waals surface area (Å²) in [5.41, 5.74) is 0.706. The van der Waals surface area contributed by atoms with Gasteiger partial charge in [0.2, 0.25) is 5.91 Å². The normalized spacial score (nSPS) is 17.3. The van der Waals surface area contributed by atoms with E-state index in [1.54, 1.807) is 6.20 Å². The Kier molecular flexibility index (Phi) is 5.73. The Hall–Kier alpha value is -1.43. The molecule has 1 aliphatic heterocycles. The van der Waals surface area contributed by atoms with Gasteiger partial charge in [0.05, 0.1) is 18.3 Å². The summed E-state index contributed by atoms with van der Waals surface area (Å²) in [6, 6.07) is 0.651.